The topological polar surface area (TPSA) is 95.9 Å². The van der Waals surface area contributed by atoms with Crippen LogP contribution in [0.2, 0.25) is 0 Å². The fraction of sp³-hybridized carbons (Fsp3) is 0.796. The second-order valence-corrected chi connectivity index (χ2v) is 15.8. The van der Waals surface area contributed by atoms with E-state index in [2.05, 4.69) is 74.7 Å². The van der Waals surface area contributed by atoms with Crippen LogP contribution < -0.4 is 5.32 Å². The highest BCUT2D eigenvalue weighted by atomic mass is 16.5. The highest BCUT2D eigenvalue weighted by Gasteiger charge is 2.24. The highest BCUT2D eigenvalue weighted by Crippen LogP contribution is 2.17. The summed E-state index contributed by atoms with van der Waals surface area (Å²) in [6, 6.07) is -0.704. The van der Waals surface area contributed by atoms with Crippen molar-refractivity contribution >= 4 is 11.9 Å². The van der Waals surface area contributed by atoms with Gasteiger partial charge in [-0.1, -0.05) is 198 Å². The zero-order chi connectivity index (χ0) is 40.3. The quantitative estimate of drug-likeness (QED) is 0.0327. The van der Waals surface area contributed by atoms with Crippen LogP contribution in [0.5, 0.6) is 0 Å². The van der Waals surface area contributed by atoms with Gasteiger partial charge in [0.25, 0.3) is 0 Å². The number of aliphatic hydroxyl groups is 2. The van der Waals surface area contributed by atoms with Gasteiger partial charge in [-0.15, -0.1) is 0 Å². The molecule has 0 bridgehead atoms. The Morgan fingerprint density at radius 3 is 1.47 bits per heavy atom. The Hall–Kier alpha value is -2.18. The monoisotopic (exact) mass is 772 g/mol. The SMILES string of the molecule is CC/C=C/C/C=C/C/C=C/C/C=C/CCCCCC(=O)OC(CCCCCCCCCCCCC)CC(=O)NC(CO)C(O)CCCCCCCCCCC. The first-order valence-corrected chi connectivity index (χ1v) is 23.4. The van der Waals surface area contributed by atoms with E-state index < -0.39 is 18.2 Å². The van der Waals surface area contributed by atoms with Gasteiger partial charge in [-0.2, -0.15) is 0 Å². The van der Waals surface area contributed by atoms with Crippen LogP contribution in [0.15, 0.2) is 48.6 Å². The van der Waals surface area contributed by atoms with Gasteiger partial charge in [0.15, 0.2) is 0 Å². The smallest absolute Gasteiger partial charge is 0.306 e. The van der Waals surface area contributed by atoms with Crippen LogP contribution in [0.25, 0.3) is 0 Å². The minimum Gasteiger partial charge on any atom is -0.462 e. The number of carbonyl (C=O) groups is 2. The van der Waals surface area contributed by atoms with Gasteiger partial charge in [-0.05, 0) is 64.2 Å². The molecule has 320 valence electrons. The minimum absolute atomic E-state index is 0.0661. The number of aliphatic hydroxyl groups excluding tert-OH is 2. The van der Waals surface area contributed by atoms with Crippen molar-refractivity contribution in [2.24, 2.45) is 0 Å². The molecular weight excluding hydrogens is 683 g/mol. The highest BCUT2D eigenvalue weighted by molar-refractivity contribution is 5.77. The molecule has 0 aliphatic heterocycles. The summed E-state index contributed by atoms with van der Waals surface area (Å²) in [5, 5.41) is 23.6. The van der Waals surface area contributed by atoms with Gasteiger partial charge in [0.1, 0.15) is 6.10 Å². The predicted octanol–water partition coefficient (Wildman–Crippen LogP) is 13.5. The van der Waals surface area contributed by atoms with Gasteiger partial charge in [0, 0.05) is 6.42 Å². The average molecular weight is 772 g/mol. The summed E-state index contributed by atoms with van der Waals surface area (Å²) < 4.78 is 5.89. The summed E-state index contributed by atoms with van der Waals surface area (Å²) in [7, 11) is 0. The number of nitrogens with one attached hydrogen (secondary N) is 1. The van der Waals surface area contributed by atoms with E-state index in [0.717, 1.165) is 83.5 Å². The average Bonchev–Trinajstić information content (AvgIpc) is 3.18. The summed E-state index contributed by atoms with van der Waals surface area (Å²) in [6.07, 6.45) is 50.3. The largest absolute Gasteiger partial charge is 0.462 e. The number of unbranched alkanes of at least 4 members (excludes halogenated alkanes) is 21. The Labute approximate surface area is 340 Å². The maximum absolute atomic E-state index is 13.1. The number of ether oxygens (including phenoxy) is 1. The van der Waals surface area contributed by atoms with Gasteiger partial charge in [-0.25, -0.2) is 0 Å². The molecule has 1 amide bonds. The van der Waals surface area contributed by atoms with E-state index in [-0.39, 0.29) is 24.9 Å². The van der Waals surface area contributed by atoms with Crippen LogP contribution in [0.4, 0.5) is 0 Å². The van der Waals surface area contributed by atoms with Crippen LogP contribution in [0.1, 0.15) is 226 Å². The van der Waals surface area contributed by atoms with Gasteiger partial charge in [0.05, 0.1) is 25.2 Å². The molecule has 0 aromatic rings. The number of esters is 1. The summed E-state index contributed by atoms with van der Waals surface area (Å²) in [5.41, 5.74) is 0. The van der Waals surface area contributed by atoms with Crippen LogP contribution in [-0.2, 0) is 14.3 Å². The maximum atomic E-state index is 13.1. The Morgan fingerprint density at radius 1 is 0.545 bits per heavy atom. The molecule has 0 aromatic carbocycles. The molecule has 0 aliphatic rings. The van der Waals surface area contributed by atoms with E-state index >= 15 is 0 Å². The molecule has 0 radical (unpaired) electrons. The zero-order valence-electron chi connectivity index (χ0n) is 36.3. The van der Waals surface area contributed by atoms with Crippen molar-refractivity contribution in [2.75, 3.05) is 6.61 Å². The van der Waals surface area contributed by atoms with E-state index in [4.69, 9.17) is 4.74 Å². The van der Waals surface area contributed by atoms with Crippen molar-refractivity contribution in [1.82, 2.24) is 5.32 Å². The Kier molecular flexibility index (Phi) is 41.2. The fourth-order valence-electron chi connectivity index (χ4n) is 6.89. The molecule has 6 nitrogen and oxygen atoms in total. The third kappa shape index (κ3) is 38.5. The van der Waals surface area contributed by atoms with Crippen molar-refractivity contribution in [3.8, 4) is 0 Å². The third-order valence-electron chi connectivity index (χ3n) is 10.4. The lowest BCUT2D eigenvalue weighted by Gasteiger charge is -2.24. The maximum Gasteiger partial charge on any atom is 0.306 e. The zero-order valence-corrected chi connectivity index (χ0v) is 36.3. The number of carbonyl (C=O) groups excluding carboxylic acids is 2. The molecule has 0 aliphatic carbocycles. The van der Waals surface area contributed by atoms with Crippen molar-refractivity contribution < 1.29 is 24.5 Å². The van der Waals surface area contributed by atoms with Crippen molar-refractivity contribution in [3.63, 3.8) is 0 Å². The standard InChI is InChI=1S/C49H89NO5/c1-4-7-10-13-16-19-21-22-23-24-25-27-30-33-36-39-42-49(54)55-45(40-37-34-31-29-26-20-17-14-11-8-5-2)43-48(53)50-46(44-51)47(52)41-38-35-32-28-18-15-12-9-6-3/h7,10,16,19,22-23,25,27,45-47,51-52H,4-6,8-9,11-15,17-18,20-21,24,26,28-44H2,1-3H3,(H,50,53)/b10-7+,19-16+,23-22+,27-25+. The number of hydrogen-bond donors (Lipinski definition) is 3. The van der Waals surface area contributed by atoms with Crippen LogP contribution in [0, 0.1) is 0 Å². The first-order chi connectivity index (χ1) is 27.0. The second-order valence-electron chi connectivity index (χ2n) is 15.8. The van der Waals surface area contributed by atoms with Crippen LogP contribution in [0.3, 0.4) is 0 Å². The first kappa shape index (κ1) is 52.8. The number of rotatable bonds is 41. The van der Waals surface area contributed by atoms with Crippen LogP contribution in [-0.4, -0.2) is 46.9 Å². The molecule has 6 heteroatoms. The van der Waals surface area contributed by atoms with Crippen molar-refractivity contribution in [3.05, 3.63) is 48.6 Å². The number of hydrogen-bond acceptors (Lipinski definition) is 5. The van der Waals surface area contributed by atoms with Gasteiger partial charge in [0.2, 0.25) is 5.91 Å². The molecule has 0 fully saturated rings. The lowest BCUT2D eigenvalue weighted by molar-refractivity contribution is -0.151. The predicted molar refractivity (Wildman–Crippen MR) is 236 cm³/mol. The molecule has 55 heavy (non-hydrogen) atoms. The minimum atomic E-state index is -0.789. The second kappa shape index (κ2) is 43.0. The molecule has 3 unspecified atom stereocenters. The normalized spacial score (nSPS) is 13.8. The molecular formula is C49H89NO5. The van der Waals surface area contributed by atoms with Crippen LogP contribution >= 0.6 is 0 Å². The lowest BCUT2D eigenvalue weighted by atomic mass is 10.0. The molecule has 0 aromatic heterocycles. The molecule has 0 rings (SSSR count). The molecule has 0 saturated carbocycles. The van der Waals surface area contributed by atoms with Gasteiger partial charge in [-0.3, -0.25) is 9.59 Å². The molecule has 3 atom stereocenters. The summed E-state index contributed by atoms with van der Waals surface area (Å²) >= 11 is 0. The summed E-state index contributed by atoms with van der Waals surface area (Å²) in [5.74, 6) is -0.509. The van der Waals surface area contributed by atoms with E-state index in [1.54, 1.807) is 0 Å². The van der Waals surface area contributed by atoms with Gasteiger partial charge >= 0.3 is 5.97 Å². The van der Waals surface area contributed by atoms with E-state index in [9.17, 15) is 19.8 Å². The first-order valence-electron chi connectivity index (χ1n) is 23.4. The van der Waals surface area contributed by atoms with Crippen molar-refractivity contribution in [2.45, 2.75) is 244 Å². The number of allylic oxidation sites excluding steroid dienone is 8. The molecule has 0 spiro atoms. The van der Waals surface area contributed by atoms with E-state index in [1.165, 1.54) is 96.3 Å². The third-order valence-corrected chi connectivity index (χ3v) is 10.4. The Morgan fingerprint density at radius 2 is 0.982 bits per heavy atom. The van der Waals surface area contributed by atoms with Gasteiger partial charge < -0.3 is 20.3 Å². The molecule has 3 N–H and O–H groups in total. The summed E-state index contributed by atoms with van der Waals surface area (Å²) in [6.45, 7) is 6.33. The molecule has 0 heterocycles. The molecule has 0 saturated heterocycles. The van der Waals surface area contributed by atoms with Crippen molar-refractivity contribution in [1.29, 1.82) is 0 Å². The fourth-order valence-corrected chi connectivity index (χ4v) is 6.89. The number of amides is 1. The summed E-state index contributed by atoms with van der Waals surface area (Å²) in [4.78, 5) is 26.0. The van der Waals surface area contributed by atoms with E-state index in [1.807, 2.05) is 0 Å². The van der Waals surface area contributed by atoms with E-state index in [0.29, 0.717) is 19.3 Å². The Balaban J connectivity index is 4.61. The Bertz CT molecular complexity index is 957. The lowest BCUT2D eigenvalue weighted by Crippen LogP contribution is -2.46.